The molecule has 0 radical (unpaired) electrons. The normalized spacial score (nSPS) is 10.6. The Morgan fingerprint density at radius 1 is 1.15 bits per heavy atom. The van der Waals surface area contributed by atoms with E-state index in [1.807, 2.05) is 30.3 Å². The zero-order valence-electron chi connectivity index (χ0n) is 11.9. The quantitative estimate of drug-likeness (QED) is 0.753. The first kappa shape index (κ1) is 14.3. The molecule has 0 aliphatic carbocycles. The number of nitrogens with zero attached hydrogens (tertiary/aromatic N) is 2. The third-order valence-corrected chi connectivity index (χ3v) is 2.79. The van der Waals surface area contributed by atoms with E-state index in [2.05, 4.69) is 34.4 Å². The van der Waals surface area contributed by atoms with Gasteiger partial charge in [-0.2, -0.15) is 0 Å². The van der Waals surface area contributed by atoms with Gasteiger partial charge in [-0.25, -0.2) is 9.97 Å². The van der Waals surface area contributed by atoms with Crippen molar-refractivity contribution in [2.24, 2.45) is 11.7 Å². The van der Waals surface area contributed by atoms with Crippen LogP contribution in [0.25, 0.3) is 0 Å². The minimum absolute atomic E-state index is 0.528. The molecule has 0 aliphatic rings. The highest BCUT2D eigenvalue weighted by molar-refractivity contribution is 5.59. The summed E-state index contributed by atoms with van der Waals surface area (Å²) in [4.78, 5) is 8.43. The highest BCUT2D eigenvalue weighted by atomic mass is 15.1. The summed E-state index contributed by atoms with van der Waals surface area (Å²) in [6.45, 7) is 5.73. The van der Waals surface area contributed by atoms with Crippen LogP contribution < -0.4 is 16.4 Å². The van der Waals surface area contributed by atoms with E-state index in [0.29, 0.717) is 12.5 Å². The third-order valence-electron chi connectivity index (χ3n) is 2.79. The number of nitrogens with one attached hydrogen (secondary N) is 2. The van der Waals surface area contributed by atoms with Crippen molar-refractivity contribution in [1.29, 1.82) is 0 Å². The van der Waals surface area contributed by atoms with E-state index in [1.165, 1.54) is 0 Å². The molecule has 0 spiro atoms. The fraction of sp³-hybridized carbons (Fsp3) is 0.333. The van der Waals surface area contributed by atoms with Crippen LogP contribution in [0.1, 0.15) is 19.4 Å². The van der Waals surface area contributed by atoms with Crippen LogP contribution >= 0.6 is 0 Å². The molecule has 2 aromatic rings. The summed E-state index contributed by atoms with van der Waals surface area (Å²) in [5.41, 5.74) is 7.70. The van der Waals surface area contributed by atoms with Gasteiger partial charge in [0.2, 0.25) is 0 Å². The lowest BCUT2D eigenvalue weighted by Gasteiger charge is -2.10. The SMILES string of the molecule is CC(C)CNc1cc(Nc2cccc(CN)c2)ncn1. The number of benzene rings is 1. The van der Waals surface area contributed by atoms with Crippen LogP contribution in [-0.4, -0.2) is 16.5 Å². The van der Waals surface area contributed by atoms with Crippen LogP contribution in [0.2, 0.25) is 0 Å². The first-order valence-corrected chi connectivity index (χ1v) is 6.79. The van der Waals surface area contributed by atoms with E-state index in [0.717, 1.165) is 29.4 Å². The fourth-order valence-electron chi connectivity index (χ4n) is 1.75. The van der Waals surface area contributed by atoms with Crippen molar-refractivity contribution in [3.63, 3.8) is 0 Å². The van der Waals surface area contributed by atoms with Crippen LogP contribution in [0, 0.1) is 5.92 Å². The van der Waals surface area contributed by atoms with Crippen molar-refractivity contribution in [3.05, 3.63) is 42.2 Å². The maximum absolute atomic E-state index is 5.64. The third kappa shape index (κ3) is 4.20. The summed E-state index contributed by atoms with van der Waals surface area (Å²) < 4.78 is 0. The molecular formula is C15H21N5. The largest absolute Gasteiger partial charge is 0.370 e. The zero-order chi connectivity index (χ0) is 14.4. The number of hydrogen-bond acceptors (Lipinski definition) is 5. The lowest BCUT2D eigenvalue weighted by Crippen LogP contribution is -2.09. The lowest BCUT2D eigenvalue weighted by molar-refractivity contribution is 0.687. The minimum Gasteiger partial charge on any atom is -0.370 e. The molecule has 0 aliphatic heterocycles. The number of aromatic nitrogens is 2. The molecule has 0 atom stereocenters. The second kappa shape index (κ2) is 6.86. The number of hydrogen-bond donors (Lipinski definition) is 3. The van der Waals surface area contributed by atoms with Crippen molar-refractivity contribution in [2.45, 2.75) is 20.4 Å². The Morgan fingerprint density at radius 2 is 1.95 bits per heavy atom. The summed E-state index contributed by atoms with van der Waals surface area (Å²) in [7, 11) is 0. The summed E-state index contributed by atoms with van der Waals surface area (Å²) >= 11 is 0. The Bertz CT molecular complexity index is 553. The second-order valence-corrected chi connectivity index (χ2v) is 5.09. The summed E-state index contributed by atoms with van der Waals surface area (Å²) in [6.07, 6.45) is 1.55. The smallest absolute Gasteiger partial charge is 0.135 e. The number of anilines is 3. The highest BCUT2D eigenvalue weighted by Gasteiger charge is 2.01. The molecule has 106 valence electrons. The monoisotopic (exact) mass is 271 g/mol. The molecule has 0 amide bonds. The molecule has 1 heterocycles. The Hall–Kier alpha value is -2.14. The average Bonchev–Trinajstić information content (AvgIpc) is 2.46. The van der Waals surface area contributed by atoms with Gasteiger partial charge in [-0.1, -0.05) is 26.0 Å². The van der Waals surface area contributed by atoms with E-state index < -0.39 is 0 Å². The lowest BCUT2D eigenvalue weighted by atomic mass is 10.2. The zero-order valence-corrected chi connectivity index (χ0v) is 11.9. The van der Waals surface area contributed by atoms with E-state index in [9.17, 15) is 0 Å². The molecule has 20 heavy (non-hydrogen) atoms. The van der Waals surface area contributed by atoms with Gasteiger partial charge in [0, 0.05) is 24.8 Å². The van der Waals surface area contributed by atoms with Gasteiger partial charge in [0.1, 0.15) is 18.0 Å². The van der Waals surface area contributed by atoms with Crippen LogP contribution in [0.3, 0.4) is 0 Å². The van der Waals surface area contributed by atoms with Crippen molar-refractivity contribution in [3.8, 4) is 0 Å². The molecule has 5 nitrogen and oxygen atoms in total. The Morgan fingerprint density at radius 3 is 2.70 bits per heavy atom. The summed E-state index contributed by atoms with van der Waals surface area (Å²) in [5.74, 6) is 2.16. The predicted octanol–water partition coefficient (Wildman–Crippen LogP) is 2.75. The van der Waals surface area contributed by atoms with Gasteiger partial charge in [0.25, 0.3) is 0 Å². The summed E-state index contributed by atoms with van der Waals surface area (Å²) in [5, 5.41) is 6.54. The first-order valence-electron chi connectivity index (χ1n) is 6.79. The first-order chi connectivity index (χ1) is 9.67. The Balaban J connectivity index is 2.06. The molecule has 0 saturated heterocycles. The fourth-order valence-corrected chi connectivity index (χ4v) is 1.75. The predicted molar refractivity (Wildman–Crippen MR) is 83.0 cm³/mol. The summed E-state index contributed by atoms with van der Waals surface area (Å²) in [6, 6.07) is 9.88. The minimum atomic E-state index is 0.528. The van der Waals surface area contributed by atoms with Gasteiger partial charge in [0.05, 0.1) is 0 Å². The Kier molecular flexibility index (Phi) is 4.90. The molecule has 0 bridgehead atoms. The second-order valence-electron chi connectivity index (χ2n) is 5.09. The maximum atomic E-state index is 5.64. The van der Waals surface area contributed by atoms with E-state index in [1.54, 1.807) is 6.33 Å². The molecule has 4 N–H and O–H groups in total. The molecule has 5 heteroatoms. The van der Waals surface area contributed by atoms with E-state index in [-0.39, 0.29) is 0 Å². The van der Waals surface area contributed by atoms with Gasteiger partial charge in [0.15, 0.2) is 0 Å². The van der Waals surface area contributed by atoms with Crippen molar-refractivity contribution < 1.29 is 0 Å². The van der Waals surface area contributed by atoms with Crippen molar-refractivity contribution in [1.82, 2.24) is 9.97 Å². The maximum Gasteiger partial charge on any atom is 0.135 e. The molecule has 1 aromatic carbocycles. The van der Waals surface area contributed by atoms with Gasteiger partial charge in [-0.3, -0.25) is 0 Å². The van der Waals surface area contributed by atoms with E-state index in [4.69, 9.17) is 5.73 Å². The molecular weight excluding hydrogens is 250 g/mol. The van der Waals surface area contributed by atoms with Crippen LogP contribution in [0.15, 0.2) is 36.7 Å². The number of nitrogens with two attached hydrogens (primary N) is 1. The van der Waals surface area contributed by atoms with Gasteiger partial charge in [-0.15, -0.1) is 0 Å². The van der Waals surface area contributed by atoms with Gasteiger partial charge in [-0.05, 0) is 23.6 Å². The Labute approximate surface area is 119 Å². The van der Waals surface area contributed by atoms with Gasteiger partial charge < -0.3 is 16.4 Å². The van der Waals surface area contributed by atoms with E-state index >= 15 is 0 Å². The topological polar surface area (TPSA) is 75.9 Å². The highest BCUT2D eigenvalue weighted by Crippen LogP contribution is 2.17. The molecule has 1 aromatic heterocycles. The number of rotatable bonds is 6. The van der Waals surface area contributed by atoms with Crippen LogP contribution in [0.5, 0.6) is 0 Å². The standard InChI is InChI=1S/C15H21N5/c1-11(2)9-17-14-7-15(19-10-18-14)20-13-5-3-4-12(6-13)8-16/h3-7,10-11H,8-9,16H2,1-2H3,(H2,17,18,19,20). The van der Waals surface area contributed by atoms with Crippen LogP contribution in [0.4, 0.5) is 17.3 Å². The van der Waals surface area contributed by atoms with Crippen LogP contribution in [-0.2, 0) is 6.54 Å². The van der Waals surface area contributed by atoms with Gasteiger partial charge >= 0.3 is 0 Å². The molecule has 0 fully saturated rings. The van der Waals surface area contributed by atoms with Crippen molar-refractivity contribution >= 4 is 17.3 Å². The molecule has 0 saturated carbocycles. The molecule has 0 unspecified atom stereocenters. The van der Waals surface area contributed by atoms with Crippen molar-refractivity contribution in [2.75, 3.05) is 17.2 Å². The average molecular weight is 271 g/mol. The molecule has 2 rings (SSSR count).